The number of benzene rings is 1. The third-order valence-electron chi connectivity index (χ3n) is 4.53. The van der Waals surface area contributed by atoms with Gasteiger partial charge in [0.25, 0.3) is 0 Å². The lowest BCUT2D eigenvalue weighted by molar-refractivity contribution is 0.194. The second-order valence-corrected chi connectivity index (χ2v) is 6.58. The molecule has 4 aromatic rings. The van der Waals surface area contributed by atoms with Gasteiger partial charge in [0.2, 0.25) is 0 Å². The number of nitrogens with two attached hydrogens (primary N) is 2. The molecule has 0 atom stereocenters. The van der Waals surface area contributed by atoms with Crippen molar-refractivity contribution in [1.29, 1.82) is 0 Å². The lowest BCUT2D eigenvalue weighted by Crippen LogP contribution is -2.22. The molecular formula is C19H16F2N8O2. The summed E-state index contributed by atoms with van der Waals surface area (Å²) in [7, 11) is 0. The molecule has 0 spiro atoms. The lowest BCUT2D eigenvalue weighted by atomic mass is 10.2. The maximum atomic E-state index is 14.1. The Kier molecular flexibility index (Phi) is 5.03. The van der Waals surface area contributed by atoms with Gasteiger partial charge in [-0.2, -0.15) is 5.10 Å². The van der Waals surface area contributed by atoms with E-state index >= 15 is 0 Å². The SMILES string of the molecule is Nc1nc(-c2nn(Cc3ccccc3F)c3ncc(F)cc23)nc(N)c1CNC(=O)O. The smallest absolute Gasteiger partial charge is 0.404 e. The predicted molar refractivity (Wildman–Crippen MR) is 108 cm³/mol. The first-order valence-corrected chi connectivity index (χ1v) is 8.98. The first-order valence-electron chi connectivity index (χ1n) is 8.98. The molecule has 0 saturated carbocycles. The zero-order valence-corrected chi connectivity index (χ0v) is 15.9. The minimum absolute atomic E-state index is 0.00115. The molecule has 0 unspecified atom stereocenters. The lowest BCUT2D eigenvalue weighted by Gasteiger charge is -2.09. The number of anilines is 2. The van der Waals surface area contributed by atoms with Crippen LogP contribution in [-0.4, -0.2) is 35.9 Å². The Bertz CT molecular complexity index is 1280. The summed E-state index contributed by atoms with van der Waals surface area (Å²) in [6, 6.07) is 7.39. The number of aromatic nitrogens is 5. The van der Waals surface area contributed by atoms with Crippen molar-refractivity contribution >= 4 is 28.8 Å². The highest BCUT2D eigenvalue weighted by Gasteiger charge is 2.20. The number of amides is 1. The summed E-state index contributed by atoms with van der Waals surface area (Å²) in [5, 5.41) is 15.6. The highest BCUT2D eigenvalue weighted by molar-refractivity contribution is 5.89. The minimum Gasteiger partial charge on any atom is -0.465 e. The van der Waals surface area contributed by atoms with E-state index in [1.54, 1.807) is 18.2 Å². The van der Waals surface area contributed by atoms with Crippen LogP contribution in [0.15, 0.2) is 36.5 Å². The Morgan fingerprint density at radius 3 is 2.55 bits per heavy atom. The largest absolute Gasteiger partial charge is 0.465 e. The van der Waals surface area contributed by atoms with Crippen molar-refractivity contribution in [2.75, 3.05) is 11.5 Å². The van der Waals surface area contributed by atoms with Crippen LogP contribution in [0.2, 0.25) is 0 Å². The fourth-order valence-corrected chi connectivity index (χ4v) is 3.07. The van der Waals surface area contributed by atoms with Crippen LogP contribution in [0.25, 0.3) is 22.6 Å². The Labute approximate surface area is 173 Å². The molecule has 3 heterocycles. The van der Waals surface area contributed by atoms with Crippen molar-refractivity contribution in [3.8, 4) is 11.5 Å². The number of nitrogens with one attached hydrogen (secondary N) is 1. The highest BCUT2D eigenvalue weighted by atomic mass is 19.1. The summed E-state index contributed by atoms with van der Waals surface area (Å²) >= 11 is 0. The zero-order valence-electron chi connectivity index (χ0n) is 15.9. The maximum absolute atomic E-state index is 14.1. The van der Waals surface area contributed by atoms with E-state index in [4.69, 9.17) is 16.6 Å². The summed E-state index contributed by atoms with van der Waals surface area (Å²) in [6.45, 7) is -0.153. The molecule has 3 aromatic heterocycles. The number of pyridine rings is 1. The average molecular weight is 426 g/mol. The van der Waals surface area contributed by atoms with Gasteiger partial charge in [-0.15, -0.1) is 0 Å². The quantitative estimate of drug-likeness (QED) is 0.378. The Balaban J connectivity index is 1.82. The summed E-state index contributed by atoms with van der Waals surface area (Å²) in [4.78, 5) is 23.1. The number of rotatable bonds is 5. The summed E-state index contributed by atoms with van der Waals surface area (Å²) in [5.41, 5.74) is 12.9. The van der Waals surface area contributed by atoms with E-state index in [-0.39, 0.29) is 52.8 Å². The second kappa shape index (κ2) is 7.82. The molecule has 0 saturated heterocycles. The van der Waals surface area contributed by atoms with Gasteiger partial charge in [-0.05, 0) is 12.1 Å². The fourth-order valence-electron chi connectivity index (χ4n) is 3.07. The summed E-state index contributed by atoms with van der Waals surface area (Å²) in [6.07, 6.45) is -0.238. The van der Waals surface area contributed by atoms with Crippen LogP contribution in [0.3, 0.4) is 0 Å². The van der Waals surface area contributed by atoms with Crippen molar-refractivity contribution in [2.24, 2.45) is 0 Å². The predicted octanol–water partition coefficient (Wildman–Crippen LogP) is 2.15. The first-order chi connectivity index (χ1) is 14.8. The molecule has 0 bridgehead atoms. The van der Waals surface area contributed by atoms with E-state index in [1.807, 2.05) is 0 Å². The summed E-state index contributed by atoms with van der Waals surface area (Å²) < 4.78 is 29.4. The van der Waals surface area contributed by atoms with Gasteiger partial charge in [0, 0.05) is 5.56 Å². The molecule has 4 rings (SSSR count). The summed E-state index contributed by atoms with van der Waals surface area (Å²) in [5.74, 6) is -1.15. The Morgan fingerprint density at radius 1 is 1.16 bits per heavy atom. The molecule has 12 heteroatoms. The topological polar surface area (TPSA) is 158 Å². The monoisotopic (exact) mass is 426 g/mol. The van der Waals surface area contributed by atoms with Crippen LogP contribution >= 0.6 is 0 Å². The molecule has 0 aliphatic carbocycles. The number of nitrogens with zero attached hydrogens (tertiary/aromatic N) is 5. The van der Waals surface area contributed by atoms with Crippen molar-refractivity contribution in [3.63, 3.8) is 0 Å². The molecule has 31 heavy (non-hydrogen) atoms. The van der Waals surface area contributed by atoms with Gasteiger partial charge in [-0.25, -0.2) is 33.2 Å². The van der Waals surface area contributed by atoms with E-state index in [0.29, 0.717) is 5.56 Å². The number of carboxylic acid groups (broad SMARTS) is 1. The first kappa shape index (κ1) is 19.9. The molecule has 6 N–H and O–H groups in total. The van der Waals surface area contributed by atoms with Crippen molar-refractivity contribution < 1.29 is 18.7 Å². The number of carbonyl (C=O) groups is 1. The van der Waals surface area contributed by atoms with E-state index in [2.05, 4.69) is 25.4 Å². The Hall–Kier alpha value is -4.35. The number of fused-ring (bicyclic) bond motifs is 1. The van der Waals surface area contributed by atoms with Gasteiger partial charge in [-0.3, -0.25) is 0 Å². The van der Waals surface area contributed by atoms with E-state index < -0.39 is 17.7 Å². The van der Waals surface area contributed by atoms with Gasteiger partial charge in [0.05, 0.1) is 30.2 Å². The van der Waals surface area contributed by atoms with Crippen molar-refractivity contribution in [3.05, 3.63) is 59.3 Å². The molecule has 1 amide bonds. The minimum atomic E-state index is -1.26. The van der Waals surface area contributed by atoms with Crippen LogP contribution < -0.4 is 16.8 Å². The van der Waals surface area contributed by atoms with E-state index in [9.17, 15) is 13.6 Å². The van der Waals surface area contributed by atoms with Crippen LogP contribution in [0.4, 0.5) is 25.2 Å². The standard InChI is InChI=1S/C19H16F2N8O2/c20-10-5-11-14(17-26-15(22)12(16(23)27-17)7-25-19(30)31)28-29(18(11)24-6-10)8-9-3-1-2-4-13(9)21/h1-6,25H,7-8H2,(H,30,31)(H4,22,23,26,27). The molecule has 0 fully saturated rings. The molecule has 0 aliphatic heterocycles. The second-order valence-electron chi connectivity index (χ2n) is 6.58. The van der Waals surface area contributed by atoms with Crippen LogP contribution in [0.5, 0.6) is 0 Å². The number of halogens is 2. The van der Waals surface area contributed by atoms with Crippen LogP contribution in [0.1, 0.15) is 11.1 Å². The van der Waals surface area contributed by atoms with Crippen molar-refractivity contribution in [1.82, 2.24) is 30.0 Å². The van der Waals surface area contributed by atoms with Crippen LogP contribution in [0, 0.1) is 11.6 Å². The van der Waals surface area contributed by atoms with Gasteiger partial charge in [0.1, 0.15) is 29.0 Å². The Morgan fingerprint density at radius 2 is 1.87 bits per heavy atom. The normalized spacial score (nSPS) is 11.0. The molecule has 0 radical (unpaired) electrons. The highest BCUT2D eigenvalue weighted by Crippen LogP contribution is 2.28. The van der Waals surface area contributed by atoms with E-state index in [0.717, 1.165) is 6.20 Å². The average Bonchev–Trinajstić information content (AvgIpc) is 3.06. The number of nitrogen functional groups attached to an aromatic ring is 2. The van der Waals surface area contributed by atoms with Gasteiger partial charge >= 0.3 is 6.09 Å². The number of hydrogen-bond donors (Lipinski definition) is 4. The van der Waals surface area contributed by atoms with Crippen LogP contribution in [-0.2, 0) is 13.1 Å². The van der Waals surface area contributed by atoms with Gasteiger partial charge in [0.15, 0.2) is 11.5 Å². The number of hydrogen-bond acceptors (Lipinski definition) is 7. The molecule has 158 valence electrons. The molecule has 1 aromatic carbocycles. The van der Waals surface area contributed by atoms with E-state index in [1.165, 1.54) is 16.8 Å². The third kappa shape index (κ3) is 3.90. The third-order valence-corrected chi connectivity index (χ3v) is 4.53. The molecule has 10 nitrogen and oxygen atoms in total. The van der Waals surface area contributed by atoms with Crippen molar-refractivity contribution in [2.45, 2.75) is 13.1 Å². The maximum Gasteiger partial charge on any atom is 0.404 e. The van der Waals surface area contributed by atoms with Gasteiger partial charge in [-0.1, -0.05) is 18.2 Å². The zero-order chi connectivity index (χ0) is 22.1. The fraction of sp³-hybridized carbons (Fsp3) is 0.105. The van der Waals surface area contributed by atoms with Gasteiger partial charge < -0.3 is 21.9 Å². The molecule has 0 aliphatic rings. The molecular weight excluding hydrogens is 410 g/mol.